The largest absolute Gasteiger partial charge is 0.496 e. The second-order valence-corrected chi connectivity index (χ2v) is 11.3. The third-order valence-electron chi connectivity index (χ3n) is 7.54. The molecule has 1 saturated heterocycles. The second kappa shape index (κ2) is 11.4. The summed E-state index contributed by atoms with van der Waals surface area (Å²) in [6.45, 7) is 1.94. The quantitative estimate of drug-likeness (QED) is 0.197. The van der Waals surface area contributed by atoms with Crippen LogP contribution < -0.4 is 14.2 Å². The molecular formula is C32H29N5O5S. The Labute approximate surface area is 251 Å². The van der Waals surface area contributed by atoms with E-state index in [1.807, 2.05) is 53.4 Å². The lowest BCUT2D eigenvalue weighted by Gasteiger charge is -2.26. The number of likely N-dealkylation sites (tertiary alicyclic amines) is 1. The van der Waals surface area contributed by atoms with Crippen LogP contribution in [0, 0.1) is 0 Å². The van der Waals surface area contributed by atoms with Crippen LogP contribution in [-0.2, 0) is 6.61 Å². The van der Waals surface area contributed by atoms with Gasteiger partial charge in [0.05, 0.1) is 25.8 Å². The monoisotopic (exact) mass is 595 g/mol. The van der Waals surface area contributed by atoms with Crippen molar-refractivity contribution < 1.29 is 23.4 Å². The summed E-state index contributed by atoms with van der Waals surface area (Å²) in [5.74, 6) is 1.86. The number of fused-ring (bicyclic) bond motifs is 2. The highest BCUT2D eigenvalue weighted by molar-refractivity contribution is 7.18. The number of furan rings is 1. The first-order chi connectivity index (χ1) is 21.1. The van der Waals surface area contributed by atoms with Crippen molar-refractivity contribution in [3.8, 4) is 39.3 Å². The number of methoxy groups -OCH3 is 2. The minimum atomic E-state index is 0.00467. The van der Waals surface area contributed by atoms with Crippen LogP contribution in [0.25, 0.3) is 38.5 Å². The van der Waals surface area contributed by atoms with Crippen LogP contribution in [0.1, 0.15) is 35.3 Å². The van der Waals surface area contributed by atoms with Gasteiger partial charge in [0.1, 0.15) is 35.1 Å². The van der Waals surface area contributed by atoms with E-state index in [0.717, 1.165) is 48.0 Å². The fourth-order valence-electron chi connectivity index (χ4n) is 5.28. The van der Waals surface area contributed by atoms with Gasteiger partial charge < -0.3 is 23.5 Å². The van der Waals surface area contributed by atoms with Crippen molar-refractivity contribution in [1.82, 2.24) is 24.5 Å². The van der Waals surface area contributed by atoms with Gasteiger partial charge in [0.2, 0.25) is 4.96 Å². The maximum absolute atomic E-state index is 12.8. The zero-order valence-corrected chi connectivity index (χ0v) is 24.6. The van der Waals surface area contributed by atoms with Crippen LogP contribution in [0.4, 0.5) is 0 Å². The van der Waals surface area contributed by atoms with Crippen molar-refractivity contribution in [3.63, 3.8) is 0 Å². The van der Waals surface area contributed by atoms with Crippen molar-refractivity contribution in [2.24, 2.45) is 0 Å². The fourth-order valence-corrected chi connectivity index (χ4v) is 5.98. The highest BCUT2D eigenvalue weighted by Gasteiger charge is 2.20. The SMILES string of the molecule is COc1cc(OCc2cccc(-c3ccc(C(=O)N4CCCCC4)nc3)c2)c2cc(-c3cn4nc(OC)sc4n3)oc2c1. The number of piperidine rings is 1. The summed E-state index contributed by atoms with van der Waals surface area (Å²) in [7, 11) is 3.19. The van der Waals surface area contributed by atoms with E-state index in [9.17, 15) is 4.79 Å². The van der Waals surface area contributed by atoms with Crippen molar-refractivity contribution in [2.75, 3.05) is 27.3 Å². The molecule has 1 amide bonds. The molecule has 218 valence electrons. The van der Waals surface area contributed by atoms with Crippen LogP contribution in [0.5, 0.6) is 16.7 Å². The molecule has 0 spiro atoms. The number of carbonyl (C=O) groups excluding carboxylic acids is 1. The molecule has 6 aromatic rings. The number of pyridine rings is 1. The number of aromatic nitrogens is 4. The molecule has 5 heterocycles. The van der Waals surface area contributed by atoms with E-state index in [2.05, 4.69) is 21.1 Å². The fraction of sp³-hybridized carbons (Fsp3) is 0.250. The van der Waals surface area contributed by atoms with Gasteiger partial charge in [-0.2, -0.15) is 0 Å². The van der Waals surface area contributed by atoms with Crippen LogP contribution in [0.2, 0.25) is 0 Å². The number of rotatable bonds is 8. The molecule has 7 rings (SSSR count). The van der Waals surface area contributed by atoms with Gasteiger partial charge in [-0.3, -0.25) is 9.78 Å². The average molecular weight is 596 g/mol. The number of nitrogens with zero attached hydrogens (tertiary/aromatic N) is 5. The molecule has 0 aliphatic carbocycles. The highest BCUT2D eigenvalue weighted by atomic mass is 32.1. The summed E-state index contributed by atoms with van der Waals surface area (Å²) < 4.78 is 24.9. The number of benzene rings is 2. The van der Waals surface area contributed by atoms with Gasteiger partial charge in [-0.15, -0.1) is 5.10 Å². The van der Waals surface area contributed by atoms with E-state index in [4.69, 9.17) is 18.6 Å². The van der Waals surface area contributed by atoms with Gasteiger partial charge in [0.15, 0.2) is 5.76 Å². The maximum Gasteiger partial charge on any atom is 0.294 e. The van der Waals surface area contributed by atoms with Crippen LogP contribution >= 0.6 is 11.3 Å². The smallest absolute Gasteiger partial charge is 0.294 e. The lowest BCUT2D eigenvalue weighted by Crippen LogP contribution is -2.36. The minimum absolute atomic E-state index is 0.00467. The number of imidazole rings is 1. The molecule has 2 aromatic carbocycles. The van der Waals surface area contributed by atoms with E-state index in [-0.39, 0.29) is 5.91 Å². The summed E-state index contributed by atoms with van der Waals surface area (Å²) in [6.07, 6.45) is 6.86. The molecule has 10 nitrogen and oxygen atoms in total. The van der Waals surface area contributed by atoms with E-state index in [1.165, 1.54) is 17.8 Å². The molecular weight excluding hydrogens is 566 g/mol. The van der Waals surface area contributed by atoms with E-state index in [0.29, 0.717) is 51.0 Å². The molecule has 1 fully saturated rings. The molecule has 0 saturated carbocycles. The Morgan fingerprint density at radius 1 is 1.00 bits per heavy atom. The Morgan fingerprint density at radius 3 is 2.65 bits per heavy atom. The Bertz CT molecular complexity index is 1890. The zero-order chi connectivity index (χ0) is 29.3. The molecule has 1 aliphatic rings. The molecule has 0 N–H and O–H groups in total. The van der Waals surface area contributed by atoms with E-state index >= 15 is 0 Å². The summed E-state index contributed by atoms with van der Waals surface area (Å²) in [5, 5.41) is 5.70. The lowest BCUT2D eigenvalue weighted by atomic mass is 10.0. The van der Waals surface area contributed by atoms with Crippen LogP contribution in [0.3, 0.4) is 0 Å². The summed E-state index contributed by atoms with van der Waals surface area (Å²) in [6, 6.07) is 17.5. The van der Waals surface area contributed by atoms with Crippen molar-refractivity contribution in [1.29, 1.82) is 0 Å². The predicted octanol–water partition coefficient (Wildman–Crippen LogP) is 6.49. The van der Waals surface area contributed by atoms with Gasteiger partial charge in [0.25, 0.3) is 11.1 Å². The first-order valence-electron chi connectivity index (χ1n) is 14.1. The first kappa shape index (κ1) is 27.0. The molecule has 11 heteroatoms. The molecule has 0 unspecified atom stereocenters. The number of ether oxygens (including phenoxy) is 3. The van der Waals surface area contributed by atoms with E-state index < -0.39 is 0 Å². The second-order valence-electron chi connectivity index (χ2n) is 10.3. The van der Waals surface area contributed by atoms with Gasteiger partial charge in [-0.1, -0.05) is 24.3 Å². The molecule has 4 aromatic heterocycles. The van der Waals surface area contributed by atoms with Gasteiger partial charge >= 0.3 is 0 Å². The Kier molecular flexibility index (Phi) is 7.15. The van der Waals surface area contributed by atoms with E-state index in [1.54, 1.807) is 31.1 Å². The average Bonchev–Trinajstić information content (AvgIpc) is 3.77. The van der Waals surface area contributed by atoms with Crippen molar-refractivity contribution >= 4 is 33.2 Å². The van der Waals surface area contributed by atoms with Gasteiger partial charge in [-0.25, -0.2) is 9.50 Å². The first-order valence-corrected chi connectivity index (χ1v) is 14.9. The highest BCUT2D eigenvalue weighted by Crippen LogP contribution is 2.37. The maximum atomic E-state index is 12.8. The van der Waals surface area contributed by atoms with Crippen molar-refractivity contribution in [3.05, 3.63) is 78.2 Å². The molecule has 0 atom stereocenters. The van der Waals surface area contributed by atoms with Crippen molar-refractivity contribution in [2.45, 2.75) is 25.9 Å². The topological polar surface area (TPSA) is 104 Å². The Morgan fingerprint density at radius 2 is 1.88 bits per heavy atom. The van der Waals surface area contributed by atoms with Gasteiger partial charge in [-0.05, 0) is 59.9 Å². The standard InChI is InChI=1S/C32H29N5O5S/c1-39-23-14-27(24-16-29(42-28(24)15-23)26-18-37-31(34-26)43-32(35-37)40-2)41-19-20-7-6-8-21(13-20)22-9-10-25(33-17-22)30(38)36-11-4-3-5-12-36/h6-10,13-18H,3-5,11-12,19H2,1-2H3. The molecule has 43 heavy (non-hydrogen) atoms. The zero-order valence-electron chi connectivity index (χ0n) is 23.8. The summed E-state index contributed by atoms with van der Waals surface area (Å²) in [4.78, 5) is 24.5. The normalized spacial score (nSPS) is 13.5. The third kappa shape index (κ3) is 5.39. The third-order valence-corrected chi connectivity index (χ3v) is 8.42. The summed E-state index contributed by atoms with van der Waals surface area (Å²) >= 11 is 1.35. The minimum Gasteiger partial charge on any atom is -0.496 e. The number of hydrogen-bond acceptors (Lipinski definition) is 9. The number of amides is 1. The van der Waals surface area contributed by atoms with Crippen LogP contribution in [-0.4, -0.2) is 57.7 Å². The number of hydrogen-bond donors (Lipinski definition) is 0. The number of carbonyl (C=O) groups is 1. The Hall–Kier alpha value is -4.90. The predicted molar refractivity (Wildman–Crippen MR) is 163 cm³/mol. The van der Waals surface area contributed by atoms with Gasteiger partial charge in [0, 0.05) is 37.0 Å². The Balaban J connectivity index is 1.10. The summed E-state index contributed by atoms with van der Waals surface area (Å²) in [5.41, 5.74) is 4.69. The molecule has 1 aliphatic heterocycles. The molecule has 0 radical (unpaired) electrons. The van der Waals surface area contributed by atoms with Crippen LogP contribution in [0.15, 0.2) is 71.4 Å². The lowest BCUT2D eigenvalue weighted by molar-refractivity contribution is 0.0718. The molecule has 0 bridgehead atoms.